The molecular formula is C17H25N3. The third-order valence-corrected chi connectivity index (χ3v) is 3.78. The summed E-state index contributed by atoms with van der Waals surface area (Å²) in [7, 11) is 0. The fourth-order valence-electron chi connectivity index (χ4n) is 2.46. The SMILES string of the molecule is CCCCCCCc1nn(-c2ccccc2)c(N)c1C. The van der Waals surface area contributed by atoms with Crippen LogP contribution in [0.5, 0.6) is 0 Å². The zero-order valence-electron chi connectivity index (χ0n) is 12.6. The average Bonchev–Trinajstić information content (AvgIpc) is 2.76. The van der Waals surface area contributed by atoms with Crippen molar-refractivity contribution in [3.05, 3.63) is 41.6 Å². The van der Waals surface area contributed by atoms with Crippen molar-refractivity contribution in [2.45, 2.75) is 52.4 Å². The van der Waals surface area contributed by atoms with Gasteiger partial charge in [0.05, 0.1) is 11.4 Å². The molecule has 0 saturated heterocycles. The number of anilines is 1. The molecule has 108 valence electrons. The largest absolute Gasteiger partial charge is 0.383 e. The number of nitrogens with two attached hydrogens (primary N) is 1. The Kier molecular flexibility index (Phi) is 5.22. The van der Waals surface area contributed by atoms with E-state index in [1.165, 1.54) is 32.1 Å². The van der Waals surface area contributed by atoms with Gasteiger partial charge in [-0.1, -0.05) is 50.8 Å². The van der Waals surface area contributed by atoms with Crippen molar-refractivity contribution in [1.29, 1.82) is 0 Å². The summed E-state index contributed by atoms with van der Waals surface area (Å²) in [5.41, 5.74) is 9.49. The molecule has 1 aromatic carbocycles. The van der Waals surface area contributed by atoms with Gasteiger partial charge in [0.25, 0.3) is 0 Å². The van der Waals surface area contributed by atoms with Crippen LogP contribution in [0.4, 0.5) is 5.82 Å². The van der Waals surface area contributed by atoms with Crippen LogP contribution in [0, 0.1) is 6.92 Å². The van der Waals surface area contributed by atoms with Gasteiger partial charge in [0.1, 0.15) is 5.82 Å². The molecule has 0 spiro atoms. The smallest absolute Gasteiger partial charge is 0.130 e. The number of unbranched alkanes of at least 4 members (excludes halogenated alkanes) is 4. The van der Waals surface area contributed by atoms with E-state index in [2.05, 4.69) is 18.9 Å². The van der Waals surface area contributed by atoms with E-state index in [1.807, 2.05) is 35.0 Å². The number of aromatic nitrogens is 2. The number of hydrogen-bond donors (Lipinski definition) is 1. The summed E-state index contributed by atoms with van der Waals surface area (Å²) in [6.07, 6.45) is 7.45. The predicted octanol–water partition coefficient (Wildman–Crippen LogP) is 4.28. The van der Waals surface area contributed by atoms with Crippen molar-refractivity contribution in [2.75, 3.05) is 5.73 Å². The number of benzene rings is 1. The first kappa shape index (κ1) is 14.6. The van der Waals surface area contributed by atoms with Crippen molar-refractivity contribution >= 4 is 5.82 Å². The van der Waals surface area contributed by atoms with Gasteiger partial charge < -0.3 is 5.73 Å². The van der Waals surface area contributed by atoms with Crippen molar-refractivity contribution < 1.29 is 0 Å². The lowest BCUT2D eigenvalue weighted by Crippen LogP contribution is -2.01. The highest BCUT2D eigenvalue weighted by Crippen LogP contribution is 2.21. The first-order valence-electron chi connectivity index (χ1n) is 7.63. The minimum Gasteiger partial charge on any atom is -0.383 e. The summed E-state index contributed by atoms with van der Waals surface area (Å²) in [6, 6.07) is 10.1. The molecule has 0 bridgehead atoms. The van der Waals surface area contributed by atoms with Gasteiger partial charge in [0.15, 0.2) is 0 Å². The Hall–Kier alpha value is -1.77. The van der Waals surface area contributed by atoms with Crippen LogP contribution in [-0.2, 0) is 6.42 Å². The molecule has 3 nitrogen and oxygen atoms in total. The summed E-state index contributed by atoms with van der Waals surface area (Å²) in [5, 5.41) is 4.69. The molecule has 2 aromatic rings. The van der Waals surface area contributed by atoms with Crippen molar-refractivity contribution in [1.82, 2.24) is 9.78 Å². The van der Waals surface area contributed by atoms with E-state index in [-0.39, 0.29) is 0 Å². The molecule has 2 rings (SSSR count). The number of hydrogen-bond acceptors (Lipinski definition) is 2. The summed E-state index contributed by atoms with van der Waals surface area (Å²) in [4.78, 5) is 0. The second-order valence-corrected chi connectivity index (χ2v) is 5.37. The van der Waals surface area contributed by atoms with E-state index in [4.69, 9.17) is 5.73 Å². The van der Waals surface area contributed by atoms with Gasteiger partial charge in [0.2, 0.25) is 0 Å². The lowest BCUT2D eigenvalue weighted by molar-refractivity contribution is 0.625. The first-order valence-corrected chi connectivity index (χ1v) is 7.63. The van der Waals surface area contributed by atoms with E-state index in [0.29, 0.717) is 0 Å². The van der Waals surface area contributed by atoms with Crippen LogP contribution in [0.15, 0.2) is 30.3 Å². The number of aryl methyl sites for hydroxylation is 1. The second-order valence-electron chi connectivity index (χ2n) is 5.37. The third kappa shape index (κ3) is 3.41. The Morgan fingerprint density at radius 3 is 2.45 bits per heavy atom. The molecule has 20 heavy (non-hydrogen) atoms. The van der Waals surface area contributed by atoms with E-state index in [1.54, 1.807) is 0 Å². The first-order chi connectivity index (χ1) is 9.74. The molecule has 2 N–H and O–H groups in total. The maximum absolute atomic E-state index is 6.19. The second kappa shape index (κ2) is 7.13. The molecule has 0 saturated carbocycles. The Bertz CT molecular complexity index is 529. The highest BCUT2D eigenvalue weighted by atomic mass is 15.3. The summed E-state index contributed by atoms with van der Waals surface area (Å²) >= 11 is 0. The molecule has 0 aliphatic heterocycles. The highest BCUT2D eigenvalue weighted by Gasteiger charge is 2.12. The Morgan fingerprint density at radius 2 is 1.75 bits per heavy atom. The maximum atomic E-state index is 6.19. The van der Waals surface area contributed by atoms with E-state index in [9.17, 15) is 0 Å². The molecule has 0 fully saturated rings. The lowest BCUT2D eigenvalue weighted by Gasteiger charge is -2.02. The molecule has 1 heterocycles. The quantitative estimate of drug-likeness (QED) is 0.764. The molecule has 0 radical (unpaired) electrons. The molecular weight excluding hydrogens is 246 g/mol. The number of nitrogens with zero attached hydrogens (tertiary/aromatic N) is 2. The number of para-hydroxylation sites is 1. The number of rotatable bonds is 7. The predicted molar refractivity (Wildman–Crippen MR) is 85.2 cm³/mol. The minimum absolute atomic E-state index is 0.764. The van der Waals surface area contributed by atoms with Crippen LogP contribution in [-0.4, -0.2) is 9.78 Å². The summed E-state index contributed by atoms with van der Waals surface area (Å²) in [5.74, 6) is 0.764. The normalized spacial score (nSPS) is 10.9. The zero-order chi connectivity index (χ0) is 14.4. The summed E-state index contributed by atoms with van der Waals surface area (Å²) < 4.78 is 1.86. The Labute approximate surface area is 121 Å². The van der Waals surface area contributed by atoms with Gasteiger partial charge in [-0.05, 0) is 31.9 Å². The van der Waals surface area contributed by atoms with E-state index >= 15 is 0 Å². The molecule has 0 amide bonds. The molecule has 0 atom stereocenters. The Balaban J connectivity index is 2.05. The van der Waals surface area contributed by atoms with Crippen LogP contribution < -0.4 is 5.73 Å². The van der Waals surface area contributed by atoms with Gasteiger partial charge >= 0.3 is 0 Å². The maximum Gasteiger partial charge on any atom is 0.130 e. The van der Waals surface area contributed by atoms with Gasteiger partial charge in [-0.25, -0.2) is 4.68 Å². The van der Waals surface area contributed by atoms with Gasteiger partial charge in [-0.3, -0.25) is 0 Å². The molecule has 0 unspecified atom stereocenters. The third-order valence-electron chi connectivity index (χ3n) is 3.78. The average molecular weight is 271 g/mol. The van der Waals surface area contributed by atoms with Crippen LogP contribution in [0.1, 0.15) is 50.3 Å². The lowest BCUT2D eigenvalue weighted by atomic mass is 10.1. The van der Waals surface area contributed by atoms with E-state index in [0.717, 1.165) is 29.2 Å². The van der Waals surface area contributed by atoms with Crippen LogP contribution >= 0.6 is 0 Å². The standard InChI is InChI=1S/C17H25N3/c1-3-4-5-6-10-13-16-14(2)17(18)20(19-16)15-11-8-7-9-12-15/h7-9,11-12H,3-6,10,13,18H2,1-2H3. The van der Waals surface area contributed by atoms with Crippen molar-refractivity contribution in [2.24, 2.45) is 0 Å². The minimum atomic E-state index is 0.764. The van der Waals surface area contributed by atoms with Crippen molar-refractivity contribution in [3.8, 4) is 5.69 Å². The topological polar surface area (TPSA) is 43.8 Å². The van der Waals surface area contributed by atoms with Crippen LogP contribution in [0.3, 0.4) is 0 Å². The summed E-state index contributed by atoms with van der Waals surface area (Å²) in [6.45, 7) is 4.32. The molecule has 3 heteroatoms. The fraction of sp³-hybridized carbons (Fsp3) is 0.471. The fourth-order valence-corrected chi connectivity index (χ4v) is 2.46. The van der Waals surface area contributed by atoms with Crippen LogP contribution in [0.2, 0.25) is 0 Å². The van der Waals surface area contributed by atoms with Gasteiger partial charge in [-0.2, -0.15) is 5.10 Å². The van der Waals surface area contributed by atoms with Gasteiger partial charge in [0, 0.05) is 5.56 Å². The van der Waals surface area contributed by atoms with E-state index < -0.39 is 0 Å². The monoisotopic (exact) mass is 271 g/mol. The van der Waals surface area contributed by atoms with Gasteiger partial charge in [-0.15, -0.1) is 0 Å². The Morgan fingerprint density at radius 1 is 1.05 bits per heavy atom. The highest BCUT2D eigenvalue weighted by molar-refractivity contribution is 5.49. The van der Waals surface area contributed by atoms with Crippen molar-refractivity contribution in [3.63, 3.8) is 0 Å². The number of nitrogen functional groups attached to an aromatic ring is 1. The molecule has 0 aliphatic rings. The molecule has 1 aromatic heterocycles. The molecule has 0 aliphatic carbocycles. The van der Waals surface area contributed by atoms with Crippen LogP contribution in [0.25, 0.3) is 5.69 Å². The zero-order valence-corrected chi connectivity index (χ0v) is 12.6.